The van der Waals surface area contributed by atoms with E-state index in [-0.39, 0.29) is 17.7 Å². The van der Waals surface area contributed by atoms with Crippen molar-refractivity contribution >= 4 is 11.8 Å². The molecule has 1 atom stereocenters. The van der Waals surface area contributed by atoms with Gasteiger partial charge in [-0.2, -0.15) is 0 Å². The van der Waals surface area contributed by atoms with Crippen molar-refractivity contribution in [2.24, 2.45) is 5.73 Å². The van der Waals surface area contributed by atoms with Crippen LogP contribution in [-0.4, -0.2) is 33.7 Å². The van der Waals surface area contributed by atoms with Gasteiger partial charge < -0.3 is 15.3 Å². The number of hydrogen-bond acceptors (Lipinski definition) is 5. The summed E-state index contributed by atoms with van der Waals surface area (Å²) in [6.07, 6.45) is 2.91. The molecule has 2 N–H and O–H groups in total. The fourth-order valence-electron chi connectivity index (χ4n) is 3.09. The molecule has 1 saturated carbocycles. The maximum Gasteiger partial charge on any atom is 0.414 e. The molecule has 25 heavy (non-hydrogen) atoms. The fraction of sp³-hybridized carbons (Fsp3) is 0.412. The molecule has 2 fully saturated rings. The Morgan fingerprint density at radius 3 is 2.72 bits per heavy atom. The van der Waals surface area contributed by atoms with Crippen LogP contribution >= 0.6 is 0 Å². The van der Waals surface area contributed by atoms with Crippen molar-refractivity contribution < 1.29 is 9.53 Å². The molecule has 2 aromatic rings. The molecule has 1 aromatic heterocycles. The molecule has 0 bridgehead atoms. The zero-order valence-electron chi connectivity index (χ0n) is 13.6. The van der Waals surface area contributed by atoms with Gasteiger partial charge >= 0.3 is 6.09 Å². The highest BCUT2D eigenvalue weighted by molar-refractivity contribution is 5.89. The van der Waals surface area contributed by atoms with E-state index in [9.17, 15) is 4.79 Å². The van der Waals surface area contributed by atoms with Crippen LogP contribution in [0.3, 0.4) is 0 Å². The molecule has 1 amide bonds. The van der Waals surface area contributed by atoms with Gasteiger partial charge in [-0.15, -0.1) is 5.10 Å². The highest BCUT2D eigenvalue weighted by atomic mass is 16.6. The van der Waals surface area contributed by atoms with Gasteiger partial charge in [-0.05, 0) is 24.3 Å². The lowest BCUT2D eigenvalue weighted by Crippen LogP contribution is -2.26. The summed E-state index contributed by atoms with van der Waals surface area (Å²) >= 11 is 0. The van der Waals surface area contributed by atoms with Crippen molar-refractivity contribution in [2.75, 3.05) is 11.4 Å². The summed E-state index contributed by atoms with van der Waals surface area (Å²) in [6.45, 7) is 8.54. The number of aromatic nitrogens is 3. The number of cyclic esters (lactones) is 1. The SMILES string of the molecule is [C-]#[N+]C1(c2ccc(N3CC(Cn4cc(CN)nn4)OC3=O)cc2)CC1. The van der Waals surface area contributed by atoms with Crippen LogP contribution in [0.4, 0.5) is 10.5 Å². The number of benzene rings is 1. The fourth-order valence-corrected chi connectivity index (χ4v) is 3.09. The smallest absolute Gasteiger partial charge is 0.414 e. The van der Waals surface area contributed by atoms with Gasteiger partial charge in [0.1, 0.15) is 6.10 Å². The Morgan fingerprint density at radius 1 is 1.36 bits per heavy atom. The molecule has 1 unspecified atom stereocenters. The first-order valence-electron chi connectivity index (χ1n) is 8.20. The third kappa shape index (κ3) is 2.83. The maximum atomic E-state index is 12.2. The summed E-state index contributed by atoms with van der Waals surface area (Å²) in [5.41, 5.74) is 7.68. The van der Waals surface area contributed by atoms with Crippen LogP contribution in [0.5, 0.6) is 0 Å². The van der Waals surface area contributed by atoms with E-state index in [1.165, 1.54) is 0 Å². The lowest BCUT2D eigenvalue weighted by molar-refractivity contribution is 0.129. The predicted molar refractivity (Wildman–Crippen MR) is 89.5 cm³/mol. The summed E-state index contributed by atoms with van der Waals surface area (Å²) < 4.78 is 7.06. The van der Waals surface area contributed by atoms with Crippen LogP contribution in [0, 0.1) is 6.57 Å². The number of rotatable bonds is 5. The lowest BCUT2D eigenvalue weighted by Gasteiger charge is -2.13. The van der Waals surface area contributed by atoms with E-state index in [4.69, 9.17) is 17.0 Å². The molecule has 4 rings (SSSR count). The van der Waals surface area contributed by atoms with Crippen LogP contribution in [-0.2, 0) is 23.4 Å². The van der Waals surface area contributed by atoms with E-state index in [1.807, 2.05) is 24.3 Å². The van der Waals surface area contributed by atoms with Crippen molar-refractivity contribution in [1.29, 1.82) is 0 Å². The van der Waals surface area contributed by atoms with Gasteiger partial charge in [-0.25, -0.2) is 16.0 Å². The summed E-state index contributed by atoms with van der Waals surface area (Å²) in [5.74, 6) is 0. The van der Waals surface area contributed by atoms with E-state index >= 15 is 0 Å². The number of carbonyl (C=O) groups is 1. The minimum atomic E-state index is -0.372. The second-order valence-electron chi connectivity index (χ2n) is 6.44. The second kappa shape index (κ2) is 5.86. The molecule has 1 saturated heterocycles. The topological polar surface area (TPSA) is 90.6 Å². The van der Waals surface area contributed by atoms with Gasteiger partial charge in [0.05, 0.1) is 18.8 Å². The molecular weight excluding hydrogens is 320 g/mol. The van der Waals surface area contributed by atoms with Crippen LogP contribution in [0.15, 0.2) is 30.5 Å². The first kappa shape index (κ1) is 15.6. The van der Waals surface area contributed by atoms with E-state index < -0.39 is 0 Å². The van der Waals surface area contributed by atoms with Crippen molar-refractivity contribution in [2.45, 2.75) is 37.6 Å². The largest absolute Gasteiger partial charge is 0.442 e. The molecule has 2 heterocycles. The Kier molecular flexibility index (Phi) is 3.66. The Balaban J connectivity index is 1.44. The van der Waals surface area contributed by atoms with Crippen molar-refractivity contribution in [3.8, 4) is 0 Å². The van der Waals surface area contributed by atoms with Crippen LogP contribution < -0.4 is 10.6 Å². The second-order valence-corrected chi connectivity index (χ2v) is 6.44. The molecule has 1 aliphatic carbocycles. The first-order valence-corrected chi connectivity index (χ1v) is 8.20. The van der Waals surface area contributed by atoms with E-state index in [0.717, 1.165) is 24.1 Å². The normalized spacial score (nSPS) is 21.0. The predicted octanol–water partition coefficient (Wildman–Crippen LogP) is 1.67. The number of hydrogen-bond donors (Lipinski definition) is 1. The minimum Gasteiger partial charge on any atom is -0.442 e. The van der Waals surface area contributed by atoms with Crippen molar-refractivity contribution in [3.63, 3.8) is 0 Å². The Morgan fingerprint density at radius 2 is 2.12 bits per heavy atom. The highest BCUT2D eigenvalue weighted by Gasteiger charge is 2.52. The van der Waals surface area contributed by atoms with Gasteiger partial charge in [0.15, 0.2) is 0 Å². The molecule has 1 aromatic carbocycles. The van der Waals surface area contributed by atoms with Gasteiger partial charge in [0.25, 0.3) is 5.54 Å². The Hall–Kier alpha value is -2.92. The zero-order chi connectivity index (χ0) is 17.4. The molecule has 8 heteroatoms. The van der Waals surface area contributed by atoms with Crippen LogP contribution in [0.25, 0.3) is 4.85 Å². The van der Waals surface area contributed by atoms with E-state index in [0.29, 0.717) is 25.3 Å². The van der Waals surface area contributed by atoms with Crippen molar-refractivity contribution in [3.05, 3.63) is 53.1 Å². The summed E-state index contributed by atoms with van der Waals surface area (Å²) in [5, 5.41) is 7.91. The third-order valence-corrected chi connectivity index (χ3v) is 4.71. The van der Waals surface area contributed by atoms with Gasteiger partial charge in [-0.3, -0.25) is 4.90 Å². The first-order chi connectivity index (χ1) is 12.1. The summed E-state index contributed by atoms with van der Waals surface area (Å²) in [7, 11) is 0. The maximum absolute atomic E-state index is 12.2. The van der Waals surface area contributed by atoms with Crippen LogP contribution in [0.1, 0.15) is 24.1 Å². The number of ether oxygens (including phenoxy) is 1. The molecule has 128 valence electrons. The van der Waals surface area contributed by atoms with E-state index in [2.05, 4.69) is 15.2 Å². The van der Waals surface area contributed by atoms with Crippen LogP contribution in [0.2, 0.25) is 0 Å². The number of nitrogens with two attached hydrogens (primary N) is 1. The van der Waals surface area contributed by atoms with Gasteiger partial charge in [0.2, 0.25) is 0 Å². The number of amides is 1. The summed E-state index contributed by atoms with van der Waals surface area (Å²) in [6, 6.07) is 7.64. The van der Waals surface area contributed by atoms with E-state index in [1.54, 1.807) is 15.8 Å². The third-order valence-electron chi connectivity index (χ3n) is 4.71. The Labute approximate surface area is 145 Å². The van der Waals surface area contributed by atoms with Crippen molar-refractivity contribution in [1.82, 2.24) is 15.0 Å². The molecule has 0 radical (unpaired) electrons. The molecule has 8 nitrogen and oxygen atoms in total. The monoisotopic (exact) mass is 338 g/mol. The zero-order valence-corrected chi connectivity index (χ0v) is 13.6. The molecular formula is C17H18N6O2. The molecule has 1 aliphatic heterocycles. The average molecular weight is 338 g/mol. The van der Waals surface area contributed by atoms with Gasteiger partial charge in [-0.1, -0.05) is 5.21 Å². The molecule has 0 spiro atoms. The Bertz CT molecular complexity index is 834. The summed E-state index contributed by atoms with van der Waals surface area (Å²) in [4.78, 5) is 17.5. The lowest BCUT2D eigenvalue weighted by atomic mass is 10.1. The average Bonchev–Trinajstić information content (AvgIpc) is 3.17. The number of nitrogens with zero attached hydrogens (tertiary/aromatic N) is 5. The van der Waals surface area contributed by atoms with Gasteiger partial charge in [0, 0.05) is 36.8 Å². The molecule has 2 aliphatic rings. The number of carbonyl (C=O) groups excluding carboxylic acids is 1. The standard InChI is InChI=1S/C17H18N6O2/c1-19-17(6-7-17)12-2-4-14(5-3-12)23-11-15(25-16(23)24)10-22-9-13(8-18)20-21-22/h2-5,9,15H,6-8,10-11,18H2. The number of anilines is 1. The quantitative estimate of drug-likeness (QED) is 0.838. The minimum absolute atomic E-state index is 0.294. The highest BCUT2D eigenvalue weighted by Crippen LogP contribution is 2.49.